The van der Waals surface area contributed by atoms with E-state index in [0.717, 1.165) is 5.75 Å². The Bertz CT molecular complexity index is 640. The molecule has 0 radical (unpaired) electrons. The number of carbonyl (C=O) groups excluding carboxylic acids is 1. The van der Waals surface area contributed by atoms with Crippen LogP contribution in [0.25, 0.3) is 5.69 Å². The third kappa shape index (κ3) is 3.18. The summed E-state index contributed by atoms with van der Waals surface area (Å²) in [6.45, 7) is 3.94. The fourth-order valence-electron chi connectivity index (χ4n) is 1.82. The molecule has 7 heteroatoms. The lowest BCUT2D eigenvalue weighted by Gasteiger charge is -2.04. The van der Waals surface area contributed by atoms with Crippen molar-refractivity contribution in [3.8, 4) is 5.69 Å². The van der Waals surface area contributed by atoms with Crippen molar-refractivity contribution >= 4 is 23.5 Å². The van der Waals surface area contributed by atoms with Gasteiger partial charge >= 0.3 is 5.97 Å². The Labute approximate surface area is 126 Å². The SMILES string of the molecule is CCOC(=O)c1c(SCC)nn(-c2ccc(F)cc2)c1N. The number of halogens is 1. The van der Waals surface area contributed by atoms with E-state index in [1.165, 1.54) is 28.6 Å². The molecule has 2 aromatic rings. The first-order valence-corrected chi connectivity index (χ1v) is 7.51. The van der Waals surface area contributed by atoms with Crippen molar-refractivity contribution in [3.05, 3.63) is 35.6 Å². The van der Waals surface area contributed by atoms with Crippen molar-refractivity contribution in [1.82, 2.24) is 9.78 Å². The summed E-state index contributed by atoms with van der Waals surface area (Å²) in [7, 11) is 0. The highest BCUT2D eigenvalue weighted by atomic mass is 32.2. The maximum atomic E-state index is 13.0. The lowest BCUT2D eigenvalue weighted by atomic mass is 10.3. The predicted octanol–water partition coefficient (Wildman–Crippen LogP) is 2.88. The van der Waals surface area contributed by atoms with E-state index in [1.807, 2.05) is 6.92 Å². The first kappa shape index (κ1) is 15.4. The first-order chi connectivity index (χ1) is 10.1. The van der Waals surface area contributed by atoms with Crippen LogP contribution in [0.1, 0.15) is 24.2 Å². The Morgan fingerprint density at radius 3 is 2.62 bits per heavy atom. The van der Waals surface area contributed by atoms with E-state index >= 15 is 0 Å². The van der Waals surface area contributed by atoms with E-state index in [4.69, 9.17) is 10.5 Å². The number of rotatable bonds is 5. The molecule has 2 rings (SSSR count). The number of aromatic nitrogens is 2. The summed E-state index contributed by atoms with van der Waals surface area (Å²) >= 11 is 1.40. The summed E-state index contributed by atoms with van der Waals surface area (Å²) < 4.78 is 19.4. The molecule has 5 nitrogen and oxygen atoms in total. The van der Waals surface area contributed by atoms with Gasteiger partial charge in [-0.05, 0) is 36.9 Å². The largest absolute Gasteiger partial charge is 0.462 e. The normalized spacial score (nSPS) is 10.6. The molecule has 1 aromatic heterocycles. The molecule has 0 spiro atoms. The van der Waals surface area contributed by atoms with E-state index in [-0.39, 0.29) is 23.8 Å². The average molecular weight is 309 g/mol. The summed E-state index contributed by atoms with van der Waals surface area (Å²) in [6.07, 6.45) is 0. The minimum atomic E-state index is -0.501. The average Bonchev–Trinajstić information content (AvgIpc) is 2.77. The quantitative estimate of drug-likeness (QED) is 0.679. The lowest BCUT2D eigenvalue weighted by Crippen LogP contribution is -2.09. The molecule has 2 N–H and O–H groups in total. The predicted molar refractivity (Wildman–Crippen MR) is 80.3 cm³/mol. The van der Waals surface area contributed by atoms with Crippen LogP contribution in [0.4, 0.5) is 10.2 Å². The van der Waals surface area contributed by atoms with E-state index in [9.17, 15) is 9.18 Å². The topological polar surface area (TPSA) is 70.1 Å². The van der Waals surface area contributed by atoms with Crippen LogP contribution in [0.3, 0.4) is 0 Å². The third-order valence-corrected chi connectivity index (χ3v) is 3.57. The van der Waals surface area contributed by atoms with Crippen molar-refractivity contribution in [1.29, 1.82) is 0 Å². The molecule has 0 amide bonds. The number of anilines is 1. The van der Waals surface area contributed by atoms with Gasteiger partial charge in [0.1, 0.15) is 22.2 Å². The van der Waals surface area contributed by atoms with Crippen LogP contribution in [0.2, 0.25) is 0 Å². The monoisotopic (exact) mass is 309 g/mol. The minimum Gasteiger partial charge on any atom is -0.462 e. The number of ether oxygens (including phenoxy) is 1. The van der Waals surface area contributed by atoms with E-state index in [2.05, 4.69) is 5.10 Å². The summed E-state index contributed by atoms with van der Waals surface area (Å²) in [6, 6.07) is 5.72. The van der Waals surface area contributed by atoms with Crippen LogP contribution in [0.15, 0.2) is 29.3 Å². The smallest absolute Gasteiger partial charge is 0.344 e. The molecule has 0 bridgehead atoms. The molecule has 0 saturated heterocycles. The van der Waals surface area contributed by atoms with Gasteiger partial charge in [0.2, 0.25) is 0 Å². The van der Waals surface area contributed by atoms with Gasteiger partial charge in [-0.1, -0.05) is 6.92 Å². The van der Waals surface area contributed by atoms with E-state index in [0.29, 0.717) is 10.7 Å². The maximum Gasteiger partial charge on any atom is 0.344 e. The molecule has 0 saturated carbocycles. The molecule has 0 aliphatic heterocycles. The minimum absolute atomic E-state index is 0.191. The number of hydrogen-bond acceptors (Lipinski definition) is 5. The number of nitrogen functional groups attached to an aromatic ring is 1. The van der Waals surface area contributed by atoms with Gasteiger partial charge in [0.05, 0.1) is 12.3 Å². The number of nitrogens with zero attached hydrogens (tertiary/aromatic N) is 2. The molecule has 0 fully saturated rings. The van der Waals surface area contributed by atoms with Gasteiger partial charge in [0.25, 0.3) is 0 Å². The zero-order chi connectivity index (χ0) is 15.4. The van der Waals surface area contributed by atoms with Gasteiger partial charge in [0.15, 0.2) is 0 Å². The third-order valence-electron chi connectivity index (χ3n) is 2.72. The number of nitrogens with two attached hydrogens (primary N) is 1. The van der Waals surface area contributed by atoms with Gasteiger partial charge in [-0.25, -0.2) is 13.9 Å². The second kappa shape index (κ2) is 6.62. The lowest BCUT2D eigenvalue weighted by molar-refractivity contribution is 0.0523. The first-order valence-electron chi connectivity index (χ1n) is 6.52. The van der Waals surface area contributed by atoms with Crippen molar-refractivity contribution in [2.24, 2.45) is 0 Å². The number of hydrogen-bond donors (Lipinski definition) is 1. The maximum absolute atomic E-state index is 13.0. The van der Waals surface area contributed by atoms with E-state index < -0.39 is 5.97 Å². The van der Waals surface area contributed by atoms with Crippen LogP contribution in [0.5, 0.6) is 0 Å². The zero-order valence-electron chi connectivity index (χ0n) is 11.8. The number of thioether (sulfide) groups is 1. The molecule has 1 heterocycles. The Balaban J connectivity index is 2.50. The number of carbonyl (C=O) groups is 1. The van der Waals surface area contributed by atoms with Gasteiger partial charge in [-0.3, -0.25) is 0 Å². The standard InChI is InChI=1S/C14H16FN3O2S/c1-3-20-14(19)11-12(16)18(17-13(11)21-4-2)10-7-5-9(15)6-8-10/h5-8H,3-4,16H2,1-2H3. The van der Waals surface area contributed by atoms with Gasteiger partial charge in [0, 0.05) is 0 Å². The van der Waals surface area contributed by atoms with Crippen LogP contribution in [-0.2, 0) is 4.74 Å². The van der Waals surface area contributed by atoms with Crippen LogP contribution in [-0.4, -0.2) is 28.1 Å². The molecule has 0 aliphatic carbocycles. The van der Waals surface area contributed by atoms with Crippen LogP contribution >= 0.6 is 11.8 Å². The molecule has 21 heavy (non-hydrogen) atoms. The van der Waals surface area contributed by atoms with Crippen molar-refractivity contribution < 1.29 is 13.9 Å². The molecule has 0 unspecified atom stereocenters. The Hall–Kier alpha value is -2.02. The highest BCUT2D eigenvalue weighted by molar-refractivity contribution is 7.99. The highest BCUT2D eigenvalue weighted by Gasteiger charge is 2.24. The van der Waals surface area contributed by atoms with Gasteiger partial charge < -0.3 is 10.5 Å². The summed E-state index contributed by atoms with van der Waals surface area (Å²) in [5, 5.41) is 4.85. The summed E-state index contributed by atoms with van der Waals surface area (Å²) in [5.41, 5.74) is 6.87. The fraction of sp³-hybridized carbons (Fsp3) is 0.286. The number of esters is 1. The molecule has 0 atom stereocenters. The van der Waals surface area contributed by atoms with Crippen molar-refractivity contribution in [2.45, 2.75) is 18.9 Å². The Morgan fingerprint density at radius 1 is 1.38 bits per heavy atom. The Morgan fingerprint density at radius 2 is 2.05 bits per heavy atom. The molecular weight excluding hydrogens is 293 g/mol. The highest BCUT2D eigenvalue weighted by Crippen LogP contribution is 2.29. The van der Waals surface area contributed by atoms with Crippen molar-refractivity contribution in [3.63, 3.8) is 0 Å². The Kier molecular flexibility index (Phi) is 4.85. The number of benzene rings is 1. The molecule has 0 aliphatic rings. The molecule has 112 valence electrons. The van der Waals surface area contributed by atoms with E-state index in [1.54, 1.807) is 19.1 Å². The zero-order valence-corrected chi connectivity index (χ0v) is 12.6. The molecule has 1 aromatic carbocycles. The summed E-state index contributed by atoms with van der Waals surface area (Å²) in [4.78, 5) is 12.0. The summed E-state index contributed by atoms with van der Waals surface area (Å²) in [5.74, 6) is 0.0836. The van der Waals surface area contributed by atoms with Gasteiger partial charge in [-0.15, -0.1) is 11.8 Å². The van der Waals surface area contributed by atoms with Crippen molar-refractivity contribution in [2.75, 3.05) is 18.1 Å². The van der Waals surface area contributed by atoms with Crippen LogP contribution in [0, 0.1) is 5.82 Å². The van der Waals surface area contributed by atoms with Crippen LogP contribution < -0.4 is 5.73 Å². The second-order valence-electron chi connectivity index (χ2n) is 4.11. The fourth-order valence-corrected chi connectivity index (χ4v) is 2.57. The van der Waals surface area contributed by atoms with Gasteiger partial charge in [-0.2, -0.15) is 5.10 Å². The molecular formula is C14H16FN3O2S. The second-order valence-corrected chi connectivity index (χ2v) is 5.36.